The van der Waals surface area contributed by atoms with Gasteiger partial charge in [-0.2, -0.15) is 16.8 Å². The van der Waals surface area contributed by atoms with E-state index in [4.69, 9.17) is 8.37 Å². The van der Waals surface area contributed by atoms with Gasteiger partial charge in [-0.05, 0) is 80.7 Å². The number of carbonyl (C=O) groups excluding carboxylic acids is 2. The normalized spacial score (nSPS) is 14.8. The summed E-state index contributed by atoms with van der Waals surface area (Å²) in [5.74, 6) is -0.505. The van der Waals surface area contributed by atoms with Gasteiger partial charge in [-0.25, -0.2) is 0 Å². The maximum Gasteiger partial charge on any atom is 0.308 e. The average Bonchev–Trinajstić information content (AvgIpc) is 2.87. The third-order valence-corrected chi connectivity index (χ3v) is 9.04. The lowest BCUT2D eigenvalue weighted by Gasteiger charge is -2.33. The fourth-order valence-corrected chi connectivity index (χ4v) is 5.09. The lowest BCUT2D eigenvalue weighted by molar-refractivity contribution is -0.135. The second-order valence-corrected chi connectivity index (χ2v) is 13.5. The van der Waals surface area contributed by atoms with Crippen LogP contribution in [0.2, 0.25) is 0 Å². The predicted octanol–water partition coefficient (Wildman–Crippen LogP) is 5.20. The third kappa shape index (κ3) is 8.63. The Morgan fingerprint density at radius 2 is 1.26 bits per heavy atom. The monoisotopic (exact) mass is 574 g/mol. The minimum absolute atomic E-state index is 0.139. The zero-order valence-corrected chi connectivity index (χ0v) is 24.0. The number of hydrogen-bond donors (Lipinski definition) is 0. The summed E-state index contributed by atoms with van der Waals surface area (Å²) in [5.41, 5.74) is -0.183. The summed E-state index contributed by atoms with van der Waals surface area (Å²) in [6.45, 7) is 4.60. The molecule has 1 aliphatic carbocycles. The van der Waals surface area contributed by atoms with E-state index in [9.17, 15) is 26.4 Å². The van der Waals surface area contributed by atoms with Crippen molar-refractivity contribution in [3.63, 3.8) is 0 Å². The summed E-state index contributed by atoms with van der Waals surface area (Å²) in [5, 5.41) is 0. The van der Waals surface area contributed by atoms with Crippen LogP contribution in [-0.4, -0.2) is 39.9 Å². The van der Waals surface area contributed by atoms with E-state index >= 15 is 0 Å². The van der Waals surface area contributed by atoms with Gasteiger partial charge in [0, 0.05) is 0 Å². The summed E-state index contributed by atoms with van der Waals surface area (Å²) in [4.78, 5) is 26.8. The van der Waals surface area contributed by atoms with Gasteiger partial charge < -0.3 is 8.37 Å². The first-order valence-corrected chi connectivity index (χ1v) is 16.0. The van der Waals surface area contributed by atoms with Crippen molar-refractivity contribution in [2.24, 2.45) is 11.3 Å². The Bertz CT molecular complexity index is 1360. The average molecular weight is 575 g/mol. The summed E-state index contributed by atoms with van der Waals surface area (Å²) in [6, 6.07) is 12.7. The van der Waals surface area contributed by atoms with Crippen LogP contribution in [0, 0.1) is 11.3 Å². The Morgan fingerprint density at radius 3 is 1.62 bits per heavy atom. The largest absolute Gasteiger partial charge is 0.382 e. The molecule has 10 heteroatoms. The second kappa shape index (κ2) is 12.7. The van der Waals surface area contributed by atoms with Gasteiger partial charge in [0.15, 0.2) is 11.6 Å². The molecule has 0 bridgehead atoms. The Kier molecular flexibility index (Phi) is 9.90. The van der Waals surface area contributed by atoms with Crippen LogP contribution >= 0.6 is 0 Å². The molecular formula is C29H34O8S2. The zero-order valence-electron chi connectivity index (χ0n) is 22.3. The van der Waals surface area contributed by atoms with Crippen molar-refractivity contribution >= 4 is 44.0 Å². The summed E-state index contributed by atoms with van der Waals surface area (Å²) in [7, 11) is -7.38. The van der Waals surface area contributed by atoms with Crippen molar-refractivity contribution < 1.29 is 34.8 Å². The molecule has 0 spiro atoms. The van der Waals surface area contributed by atoms with Gasteiger partial charge in [-0.1, -0.05) is 55.7 Å². The number of hydrogen-bond acceptors (Lipinski definition) is 8. The predicted molar refractivity (Wildman–Crippen MR) is 151 cm³/mol. The molecule has 3 rings (SSSR count). The van der Waals surface area contributed by atoms with E-state index in [2.05, 4.69) is 0 Å². The van der Waals surface area contributed by atoms with Gasteiger partial charge in [0.05, 0.1) is 16.9 Å². The quantitative estimate of drug-likeness (QED) is 0.171. The molecule has 210 valence electrons. The van der Waals surface area contributed by atoms with Crippen LogP contribution < -0.4 is 8.37 Å². The lowest BCUT2D eigenvalue weighted by Crippen LogP contribution is -2.37. The summed E-state index contributed by atoms with van der Waals surface area (Å²) in [6.07, 6.45) is 9.17. The smallest absolute Gasteiger partial charge is 0.308 e. The highest BCUT2D eigenvalue weighted by Gasteiger charge is 2.41. The van der Waals surface area contributed by atoms with Crippen LogP contribution in [0.25, 0.3) is 12.2 Å². The van der Waals surface area contributed by atoms with Crippen molar-refractivity contribution in [2.45, 2.75) is 46.5 Å². The van der Waals surface area contributed by atoms with E-state index in [0.29, 0.717) is 17.5 Å². The Balaban J connectivity index is 1.81. The van der Waals surface area contributed by atoms with Crippen molar-refractivity contribution in [1.29, 1.82) is 0 Å². The van der Waals surface area contributed by atoms with E-state index in [-0.39, 0.29) is 40.5 Å². The van der Waals surface area contributed by atoms with E-state index in [0.717, 1.165) is 19.3 Å². The lowest BCUT2D eigenvalue weighted by atomic mass is 9.68. The maximum atomic E-state index is 13.4. The van der Waals surface area contributed by atoms with E-state index in [1.54, 1.807) is 43.3 Å². The maximum absolute atomic E-state index is 13.4. The molecule has 0 heterocycles. The topological polar surface area (TPSA) is 121 Å². The van der Waals surface area contributed by atoms with Crippen molar-refractivity contribution in [2.75, 3.05) is 11.5 Å². The summed E-state index contributed by atoms with van der Waals surface area (Å²) < 4.78 is 57.2. The van der Waals surface area contributed by atoms with Crippen LogP contribution in [0.5, 0.6) is 11.5 Å². The molecule has 0 radical (unpaired) electrons. The second-order valence-electron chi connectivity index (χ2n) is 9.73. The minimum atomic E-state index is -3.69. The molecule has 0 aliphatic heterocycles. The molecule has 0 unspecified atom stereocenters. The molecule has 1 aliphatic rings. The molecule has 0 atom stereocenters. The van der Waals surface area contributed by atoms with E-state index < -0.39 is 25.7 Å². The Morgan fingerprint density at radius 1 is 0.821 bits per heavy atom. The molecular weight excluding hydrogens is 540 g/mol. The van der Waals surface area contributed by atoms with Crippen molar-refractivity contribution in [3.8, 4) is 11.5 Å². The van der Waals surface area contributed by atoms with Crippen LogP contribution in [0.3, 0.4) is 0 Å². The first-order valence-electron chi connectivity index (χ1n) is 12.9. The highest BCUT2D eigenvalue weighted by Crippen LogP contribution is 2.39. The van der Waals surface area contributed by atoms with Crippen LogP contribution in [0.15, 0.2) is 60.7 Å². The van der Waals surface area contributed by atoms with Crippen LogP contribution in [0.4, 0.5) is 0 Å². The van der Waals surface area contributed by atoms with E-state index in [1.807, 2.05) is 0 Å². The fraction of sp³-hybridized carbons (Fsp3) is 0.379. The van der Waals surface area contributed by atoms with Crippen LogP contribution in [-0.2, 0) is 29.8 Å². The number of allylic oxidation sites excluding steroid dienone is 2. The molecule has 0 N–H and O–H groups in total. The molecule has 0 saturated heterocycles. The number of benzene rings is 2. The van der Waals surface area contributed by atoms with Gasteiger partial charge in [0.1, 0.15) is 11.5 Å². The van der Waals surface area contributed by atoms with Gasteiger partial charge in [0.25, 0.3) is 0 Å². The molecule has 1 fully saturated rings. The van der Waals surface area contributed by atoms with E-state index in [1.165, 1.54) is 50.3 Å². The van der Waals surface area contributed by atoms with Crippen molar-refractivity contribution in [3.05, 3.63) is 71.8 Å². The molecule has 39 heavy (non-hydrogen) atoms. The van der Waals surface area contributed by atoms with Gasteiger partial charge in [-0.15, -0.1) is 0 Å². The fourth-order valence-electron chi connectivity index (χ4n) is 4.06. The Hall–Kier alpha value is -3.24. The van der Waals surface area contributed by atoms with Gasteiger partial charge >= 0.3 is 20.2 Å². The Labute approximate surface area is 231 Å². The number of carbonyl (C=O) groups is 2. The molecule has 2 aromatic carbocycles. The SMILES string of the molecule is CCS(=O)(=O)Oc1cccc(/C=C/C(=O)C(C)(CC2CCC2)C(=O)/C=C/c2cccc(OS(=O)(=O)CC)c2)c1. The molecule has 0 amide bonds. The first-order chi connectivity index (χ1) is 18.4. The standard InChI is InChI=1S/C29H34O8S2/c1-4-38(32,33)36-25-13-7-9-22(19-25)15-17-27(30)29(3,21-24-11-6-12-24)28(31)18-16-23-10-8-14-26(20-23)37-39(34,35)5-2/h7-10,13-20,24H,4-6,11-12,21H2,1-3H3/b17-15+,18-16+. The van der Waals surface area contributed by atoms with Crippen molar-refractivity contribution in [1.82, 2.24) is 0 Å². The van der Waals surface area contributed by atoms with Gasteiger partial charge in [-0.3, -0.25) is 9.59 Å². The third-order valence-electron chi connectivity index (χ3n) is 6.73. The van der Waals surface area contributed by atoms with Gasteiger partial charge in [0.2, 0.25) is 0 Å². The number of ketones is 2. The molecule has 8 nitrogen and oxygen atoms in total. The number of rotatable bonds is 14. The molecule has 2 aromatic rings. The minimum Gasteiger partial charge on any atom is -0.382 e. The zero-order chi connectivity index (χ0) is 28.7. The van der Waals surface area contributed by atoms with Crippen LogP contribution in [0.1, 0.15) is 57.6 Å². The highest BCUT2D eigenvalue weighted by molar-refractivity contribution is 7.87. The molecule has 0 aromatic heterocycles. The highest BCUT2D eigenvalue weighted by atomic mass is 32.2. The summed E-state index contributed by atoms with van der Waals surface area (Å²) >= 11 is 0. The first kappa shape index (κ1) is 30.3. The molecule has 1 saturated carbocycles.